The van der Waals surface area contributed by atoms with Gasteiger partial charge in [-0.2, -0.15) is 0 Å². The highest BCUT2D eigenvalue weighted by atomic mass is 14.0. The molecule has 0 atom stereocenters. The van der Waals surface area contributed by atoms with Crippen LogP contribution in [0.25, 0.3) is 0 Å². The molecule has 4 radical (unpaired) electrons. The number of rotatable bonds is 0. The number of hydrogen-bond donors (Lipinski definition) is 0. The van der Waals surface area contributed by atoms with Gasteiger partial charge in [-0.05, 0) is 38.5 Å². The molecular formula is C6H8. The smallest absolute Gasteiger partial charge is 0.0173 e. The molecule has 1 rings (SSSR count). The first-order valence-electron chi connectivity index (χ1n) is 2.41. The Balaban J connectivity index is 2.00. The molecule has 0 nitrogen and oxygen atoms in total. The Bertz CT molecular complexity index is 15.5. The van der Waals surface area contributed by atoms with Gasteiger partial charge in [0.1, 0.15) is 0 Å². The quantitative estimate of drug-likeness (QED) is 0.415. The van der Waals surface area contributed by atoms with Crippen molar-refractivity contribution >= 4 is 0 Å². The average Bonchev–Trinajstić information content (AvgIpc) is 1.72. The highest BCUT2D eigenvalue weighted by Crippen LogP contribution is 2.13. The van der Waals surface area contributed by atoms with Crippen LogP contribution in [0, 0.1) is 12.8 Å². The van der Waals surface area contributed by atoms with Gasteiger partial charge in [-0.25, -0.2) is 0 Å². The van der Waals surface area contributed by atoms with Crippen LogP contribution in [-0.2, 0) is 0 Å². The van der Waals surface area contributed by atoms with Gasteiger partial charge in [0, 0.05) is 0 Å². The van der Waals surface area contributed by atoms with Gasteiger partial charge < -0.3 is 0 Å². The predicted octanol–water partition coefficient (Wildman–Crippen LogP) is 1.72. The summed E-state index contributed by atoms with van der Waals surface area (Å²) in [6.07, 6.45) is 11.0. The summed E-state index contributed by atoms with van der Waals surface area (Å²) in [5.74, 6) is 0. The summed E-state index contributed by atoms with van der Waals surface area (Å²) < 4.78 is 0. The summed E-state index contributed by atoms with van der Waals surface area (Å²) in [7, 11) is 0. The Morgan fingerprint density at radius 1 is 0.667 bits per heavy atom. The van der Waals surface area contributed by atoms with Crippen LogP contribution >= 0.6 is 0 Å². The molecule has 0 heterocycles. The Labute approximate surface area is 39.6 Å². The predicted molar refractivity (Wildman–Crippen MR) is 25.0 cm³/mol. The maximum atomic E-state index is 3.22. The lowest BCUT2D eigenvalue weighted by molar-refractivity contribution is 0.714. The fraction of sp³-hybridized carbons (Fsp3) is 0.667. The Hall–Kier alpha value is 0. The molecule has 0 bridgehead atoms. The molecule has 0 aromatic rings. The summed E-state index contributed by atoms with van der Waals surface area (Å²) in [6, 6.07) is 0. The van der Waals surface area contributed by atoms with Crippen molar-refractivity contribution < 1.29 is 0 Å². The van der Waals surface area contributed by atoms with Gasteiger partial charge in [0.05, 0.1) is 0 Å². The highest BCUT2D eigenvalue weighted by molar-refractivity contribution is 4.80. The van der Waals surface area contributed by atoms with Crippen LogP contribution in [0.15, 0.2) is 0 Å². The van der Waals surface area contributed by atoms with Crippen LogP contribution in [0.3, 0.4) is 0 Å². The van der Waals surface area contributed by atoms with Crippen molar-refractivity contribution in [3.05, 3.63) is 12.8 Å². The third-order valence-electron chi connectivity index (χ3n) is 0.957. The Morgan fingerprint density at radius 2 is 1.00 bits per heavy atom. The Kier molecular flexibility index (Phi) is 1.54. The van der Waals surface area contributed by atoms with Crippen molar-refractivity contribution in [1.29, 1.82) is 0 Å². The summed E-state index contributed by atoms with van der Waals surface area (Å²) in [4.78, 5) is 0. The van der Waals surface area contributed by atoms with E-state index in [0.29, 0.717) is 0 Å². The lowest BCUT2D eigenvalue weighted by Gasteiger charge is -2.04. The van der Waals surface area contributed by atoms with Crippen molar-refractivity contribution in [3.8, 4) is 0 Å². The molecule has 0 aromatic heterocycles. The molecule has 0 amide bonds. The monoisotopic (exact) mass is 80.1 g/mol. The summed E-state index contributed by atoms with van der Waals surface area (Å²) in [5, 5.41) is 0. The van der Waals surface area contributed by atoms with E-state index in [1.165, 1.54) is 0 Å². The molecule has 1 saturated carbocycles. The SMILES string of the molecule is [C]1CC[C]CC1. The molecule has 0 aliphatic heterocycles. The van der Waals surface area contributed by atoms with Crippen LogP contribution in [0.2, 0.25) is 0 Å². The standard InChI is InChI=1S/C6H8/c1-2-4-6-5-3-1/h1-2,5-6H2. The highest BCUT2D eigenvalue weighted by Gasteiger charge is 1.97. The average molecular weight is 80.1 g/mol. The van der Waals surface area contributed by atoms with E-state index in [0.717, 1.165) is 25.7 Å². The zero-order valence-corrected chi connectivity index (χ0v) is 3.83. The number of hydrogen-bond acceptors (Lipinski definition) is 0. The van der Waals surface area contributed by atoms with Crippen LogP contribution in [0.5, 0.6) is 0 Å². The van der Waals surface area contributed by atoms with Gasteiger partial charge in [0.15, 0.2) is 0 Å². The third-order valence-corrected chi connectivity index (χ3v) is 0.957. The molecule has 32 valence electrons. The van der Waals surface area contributed by atoms with Crippen LogP contribution < -0.4 is 0 Å². The third kappa shape index (κ3) is 1.00. The van der Waals surface area contributed by atoms with Crippen molar-refractivity contribution in [3.63, 3.8) is 0 Å². The zero-order valence-electron chi connectivity index (χ0n) is 3.83. The fourth-order valence-electron chi connectivity index (χ4n) is 0.604. The molecule has 0 saturated heterocycles. The maximum absolute atomic E-state index is 3.22. The first-order chi connectivity index (χ1) is 3.00. The van der Waals surface area contributed by atoms with Gasteiger partial charge >= 0.3 is 0 Å². The topological polar surface area (TPSA) is 0 Å². The first kappa shape index (κ1) is 4.17. The van der Waals surface area contributed by atoms with E-state index >= 15 is 0 Å². The van der Waals surface area contributed by atoms with E-state index in [1.54, 1.807) is 0 Å². The van der Waals surface area contributed by atoms with Gasteiger partial charge in [-0.3, -0.25) is 0 Å². The van der Waals surface area contributed by atoms with Crippen LogP contribution in [-0.4, -0.2) is 0 Å². The first-order valence-corrected chi connectivity index (χ1v) is 2.41. The summed E-state index contributed by atoms with van der Waals surface area (Å²) in [5.41, 5.74) is 0. The van der Waals surface area contributed by atoms with Gasteiger partial charge in [0.25, 0.3) is 0 Å². The lowest BCUT2D eigenvalue weighted by atomic mass is 10.0. The van der Waals surface area contributed by atoms with E-state index in [1.807, 2.05) is 0 Å². The minimum atomic E-state index is 1.14. The van der Waals surface area contributed by atoms with Gasteiger partial charge in [-0.15, -0.1) is 0 Å². The molecule has 0 spiro atoms. The molecular weight excluding hydrogens is 72.1 g/mol. The fourth-order valence-corrected chi connectivity index (χ4v) is 0.604. The summed E-state index contributed by atoms with van der Waals surface area (Å²) >= 11 is 0. The van der Waals surface area contributed by atoms with Crippen LogP contribution in [0.4, 0.5) is 0 Å². The van der Waals surface area contributed by atoms with E-state index in [9.17, 15) is 0 Å². The normalized spacial score (nSPS) is 24.0. The van der Waals surface area contributed by atoms with Crippen molar-refractivity contribution in [2.45, 2.75) is 25.7 Å². The summed E-state index contributed by atoms with van der Waals surface area (Å²) in [6.45, 7) is 0. The lowest BCUT2D eigenvalue weighted by Crippen LogP contribution is -1.88. The Morgan fingerprint density at radius 3 is 1.17 bits per heavy atom. The molecule has 6 heavy (non-hydrogen) atoms. The minimum Gasteiger partial charge on any atom is -0.0459 e. The van der Waals surface area contributed by atoms with E-state index in [-0.39, 0.29) is 0 Å². The van der Waals surface area contributed by atoms with E-state index < -0.39 is 0 Å². The molecule has 1 fully saturated rings. The molecule has 0 unspecified atom stereocenters. The van der Waals surface area contributed by atoms with Crippen molar-refractivity contribution in [2.24, 2.45) is 0 Å². The van der Waals surface area contributed by atoms with Crippen molar-refractivity contribution in [1.82, 2.24) is 0 Å². The molecule has 0 N–H and O–H groups in total. The second-order valence-electron chi connectivity index (χ2n) is 1.50. The maximum Gasteiger partial charge on any atom is -0.0173 e. The molecule has 1 aliphatic carbocycles. The van der Waals surface area contributed by atoms with Crippen molar-refractivity contribution in [2.75, 3.05) is 0 Å². The van der Waals surface area contributed by atoms with Gasteiger partial charge in [-0.1, -0.05) is 0 Å². The second kappa shape index (κ2) is 2.22. The molecule has 0 aromatic carbocycles. The largest absolute Gasteiger partial charge is 0.0459 e. The molecule has 1 aliphatic rings. The van der Waals surface area contributed by atoms with Gasteiger partial charge in [0.2, 0.25) is 0 Å². The second-order valence-corrected chi connectivity index (χ2v) is 1.50. The van der Waals surface area contributed by atoms with E-state index in [2.05, 4.69) is 12.8 Å². The molecule has 0 heteroatoms. The van der Waals surface area contributed by atoms with Crippen LogP contribution in [0.1, 0.15) is 25.7 Å². The minimum absolute atomic E-state index is 1.14. The zero-order chi connectivity index (χ0) is 4.24. The van der Waals surface area contributed by atoms with E-state index in [4.69, 9.17) is 0 Å².